The minimum absolute atomic E-state index is 0.0287. The van der Waals surface area contributed by atoms with Crippen LogP contribution in [0.5, 0.6) is 11.5 Å². The fraction of sp³-hybridized carbons (Fsp3) is 0.0571. The molecule has 56 heavy (non-hydrogen) atoms. The molecule has 21 heteroatoms. The van der Waals surface area contributed by atoms with Crippen LogP contribution in [0.15, 0.2) is 117 Å². The highest BCUT2D eigenvalue weighted by Gasteiger charge is 2.25. The average molecular weight is 843 g/mol. The first-order valence-electron chi connectivity index (χ1n) is 15.8. The Balaban J connectivity index is 1.21. The molecular formula is C35H30N4O13S4. The maximum Gasteiger partial charge on any atom is 0.342 e. The number of aryl methyl sites for hydroxylation is 2. The van der Waals surface area contributed by atoms with Gasteiger partial charge in [-0.05, 0) is 110 Å². The number of anilines is 4. The third kappa shape index (κ3) is 8.17. The molecule has 0 atom stereocenters. The standard InChI is InChI=1S/C35H30N4O13S4/c1-19-3-7-23(17-29(19)36-21-5-9-25-27(15-21)33(55(47,48)49)13-11-31(25)40)53(43,44)38-35(42)39-54(45,46)24-8-4-20(2)30(18-24)37-22-6-10-26-28(16-22)34(56(50,51)52)14-12-32(26)41/h3-18,36-37,40-41H,1-2H3,(H2,38,39,42)(H,47,48,49)(H,50,51,52). The van der Waals surface area contributed by atoms with Gasteiger partial charge in [-0.2, -0.15) is 16.8 Å². The molecule has 0 aliphatic rings. The number of phenolic OH excluding ortho intramolecular Hbond substituents is 2. The summed E-state index contributed by atoms with van der Waals surface area (Å²) in [6.07, 6.45) is 0. The van der Waals surface area contributed by atoms with Crippen LogP contribution in [-0.2, 0) is 40.3 Å². The third-order valence-electron chi connectivity index (χ3n) is 8.51. The smallest absolute Gasteiger partial charge is 0.342 e. The van der Waals surface area contributed by atoms with E-state index in [1.165, 1.54) is 48.5 Å². The molecule has 0 saturated carbocycles. The van der Waals surface area contributed by atoms with Gasteiger partial charge < -0.3 is 20.8 Å². The van der Waals surface area contributed by atoms with Gasteiger partial charge in [0.05, 0.1) is 9.79 Å². The minimum atomic E-state index is -4.71. The zero-order valence-electron chi connectivity index (χ0n) is 28.8. The van der Waals surface area contributed by atoms with E-state index in [1.807, 2.05) is 0 Å². The first kappa shape index (κ1) is 39.7. The first-order valence-corrected chi connectivity index (χ1v) is 21.7. The van der Waals surface area contributed by atoms with Crippen molar-refractivity contribution >= 4 is 90.6 Å². The summed E-state index contributed by atoms with van der Waals surface area (Å²) >= 11 is 0. The number of sulfonamides is 2. The summed E-state index contributed by atoms with van der Waals surface area (Å²) in [5.74, 6) is -0.506. The lowest BCUT2D eigenvalue weighted by Crippen LogP contribution is -2.42. The van der Waals surface area contributed by atoms with Gasteiger partial charge >= 0.3 is 6.03 Å². The van der Waals surface area contributed by atoms with E-state index < -0.39 is 65.9 Å². The highest BCUT2D eigenvalue weighted by molar-refractivity contribution is 7.91. The number of carbonyl (C=O) groups is 1. The number of urea groups is 1. The highest BCUT2D eigenvalue weighted by Crippen LogP contribution is 2.35. The SMILES string of the molecule is Cc1ccc(S(=O)(=O)NC(=O)NS(=O)(=O)c2ccc(C)c(Nc3ccc4c(O)ccc(S(=O)(=O)O)c4c3)c2)cc1Nc1ccc2c(O)ccc(S(=O)(=O)O)c2c1. The predicted molar refractivity (Wildman–Crippen MR) is 206 cm³/mol. The van der Waals surface area contributed by atoms with E-state index in [0.717, 1.165) is 48.5 Å². The van der Waals surface area contributed by atoms with Crippen molar-refractivity contribution < 1.29 is 57.8 Å². The van der Waals surface area contributed by atoms with E-state index >= 15 is 0 Å². The predicted octanol–water partition coefficient (Wildman–Crippen LogP) is 5.38. The Hall–Kier alpha value is -5.97. The lowest BCUT2D eigenvalue weighted by atomic mass is 10.1. The molecule has 0 heterocycles. The molecule has 0 radical (unpaired) electrons. The van der Waals surface area contributed by atoms with Gasteiger partial charge in [0.1, 0.15) is 21.3 Å². The molecule has 0 saturated heterocycles. The van der Waals surface area contributed by atoms with Crippen LogP contribution in [0.3, 0.4) is 0 Å². The number of nitrogens with one attached hydrogen (secondary N) is 4. The van der Waals surface area contributed by atoms with Crippen molar-refractivity contribution in [3.05, 3.63) is 108 Å². The fourth-order valence-corrected chi connectivity index (χ4v) is 9.02. The van der Waals surface area contributed by atoms with Crippen molar-refractivity contribution in [3.8, 4) is 11.5 Å². The summed E-state index contributed by atoms with van der Waals surface area (Å²) in [7, 11) is -18.8. The topological polar surface area (TPSA) is 283 Å². The van der Waals surface area contributed by atoms with Crippen LogP contribution >= 0.6 is 0 Å². The summed E-state index contributed by atoms with van der Waals surface area (Å²) in [4.78, 5) is 11.0. The Morgan fingerprint density at radius 3 is 1.21 bits per heavy atom. The van der Waals surface area contributed by atoms with Crippen LogP contribution in [0.4, 0.5) is 27.5 Å². The molecule has 292 valence electrons. The van der Waals surface area contributed by atoms with Crippen LogP contribution < -0.4 is 20.1 Å². The van der Waals surface area contributed by atoms with Crippen molar-refractivity contribution in [2.45, 2.75) is 33.4 Å². The molecule has 0 aliphatic heterocycles. The summed E-state index contributed by atoms with van der Waals surface area (Å²) < 4.78 is 123. The zero-order chi connectivity index (χ0) is 41.0. The molecule has 0 aromatic heterocycles. The second-order valence-corrected chi connectivity index (χ2v) is 18.5. The van der Waals surface area contributed by atoms with Crippen molar-refractivity contribution in [3.63, 3.8) is 0 Å². The summed E-state index contributed by atoms with van der Waals surface area (Å²) in [5, 5.41) is 26.4. The number of hydrogen-bond acceptors (Lipinski definition) is 13. The van der Waals surface area contributed by atoms with Crippen molar-refractivity contribution in [1.82, 2.24) is 9.44 Å². The van der Waals surface area contributed by atoms with Crippen LogP contribution in [0.2, 0.25) is 0 Å². The van der Waals surface area contributed by atoms with E-state index in [2.05, 4.69) is 10.6 Å². The van der Waals surface area contributed by atoms with Crippen LogP contribution in [0.25, 0.3) is 21.5 Å². The van der Waals surface area contributed by atoms with Gasteiger partial charge in [0.2, 0.25) is 0 Å². The van der Waals surface area contributed by atoms with Gasteiger partial charge in [-0.25, -0.2) is 31.1 Å². The zero-order valence-corrected chi connectivity index (χ0v) is 32.1. The summed E-state index contributed by atoms with van der Waals surface area (Å²) in [6, 6.07) is 18.3. The van der Waals surface area contributed by atoms with Gasteiger partial charge in [-0.1, -0.05) is 12.1 Å². The molecule has 0 aliphatic carbocycles. The Labute approximate surface area is 320 Å². The highest BCUT2D eigenvalue weighted by atomic mass is 32.2. The van der Waals surface area contributed by atoms with Crippen molar-refractivity contribution in [2.75, 3.05) is 10.6 Å². The molecular weight excluding hydrogens is 813 g/mol. The van der Waals surface area contributed by atoms with E-state index in [9.17, 15) is 57.8 Å². The lowest BCUT2D eigenvalue weighted by molar-refractivity contribution is 0.250. The number of aromatic hydroxyl groups is 2. The van der Waals surface area contributed by atoms with E-state index in [4.69, 9.17) is 0 Å². The van der Waals surface area contributed by atoms with Crippen LogP contribution in [-0.4, -0.2) is 59.0 Å². The number of hydrogen-bond donors (Lipinski definition) is 8. The molecule has 8 N–H and O–H groups in total. The molecule has 6 aromatic carbocycles. The minimum Gasteiger partial charge on any atom is -0.507 e. The van der Waals surface area contributed by atoms with E-state index in [1.54, 1.807) is 23.3 Å². The van der Waals surface area contributed by atoms with Gasteiger partial charge in [-0.15, -0.1) is 0 Å². The van der Waals surface area contributed by atoms with Crippen LogP contribution in [0.1, 0.15) is 11.1 Å². The van der Waals surface area contributed by atoms with Crippen molar-refractivity contribution in [2.24, 2.45) is 0 Å². The molecule has 0 unspecified atom stereocenters. The monoisotopic (exact) mass is 842 g/mol. The number of phenols is 2. The van der Waals surface area contributed by atoms with Gasteiger partial charge in [0.15, 0.2) is 0 Å². The number of rotatable bonds is 10. The fourth-order valence-electron chi connectivity index (χ4n) is 5.72. The van der Waals surface area contributed by atoms with E-state index in [-0.39, 0.29) is 55.8 Å². The third-order valence-corrected chi connectivity index (χ3v) is 13.0. The Morgan fingerprint density at radius 1 is 0.482 bits per heavy atom. The number of amides is 2. The largest absolute Gasteiger partial charge is 0.507 e. The Bertz CT molecular complexity index is 2880. The summed E-state index contributed by atoms with van der Waals surface area (Å²) in [6.45, 7) is 3.24. The second kappa shape index (κ2) is 14.3. The van der Waals surface area contributed by atoms with Crippen molar-refractivity contribution in [1.29, 1.82) is 0 Å². The number of carbonyl (C=O) groups excluding carboxylic acids is 1. The molecule has 0 spiro atoms. The maximum atomic E-state index is 13.3. The summed E-state index contributed by atoms with van der Waals surface area (Å²) in [5.41, 5.74) is 1.85. The quantitative estimate of drug-likeness (QED) is 0.0804. The molecule has 6 aromatic rings. The van der Waals surface area contributed by atoms with Gasteiger partial charge in [0.25, 0.3) is 40.3 Å². The Kier molecular flexibility index (Phi) is 10.1. The lowest BCUT2D eigenvalue weighted by Gasteiger charge is -2.15. The molecule has 2 amide bonds. The normalized spacial score (nSPS) is 12.4. The molecule has 0 bridgehead atoms. The Morgan fingerprint density at radius 2 is 0.857 bits per heavy atom. The van der Waals surface area contributed by atoms with Gasteiger partial charge in [-0.3, -0.25) is 9.11 Å². The van der Waals surface area contributed by atoms with Crippen LogP contribution in [0, 0.1) is 13.8 Å². The molecule has 17 nitrogen and oxygen atoms in total. The van der Waals surface area contributed by atoms with E-state index in [0.29, 0.717) is 11.1 Å². The molecule has 6 rings (SSSR count). The van der Waals surface area contributed by atoms with Gasteiger partial charge in [0, 0.05) is 44.3 Å². The average Bonchev–Trinajstić information content (AvgIpc) is 3.08. The number of benzene rings is 6. The first-order chi connectivity index (χ1) is 26.0. The molecule has 0 fully saturated rings. The maximum absolute atomic E-state index is 13.3. The number of fused-ring (bicyclic) bond motifs is 2. The second-order valence-electron chi connectivity index (χ2n) is 12.4.